The van der Waals surface area contributed by atoms with E-state index in [2.05, 4.69) is 185 Å². The summed E-state index contributed by atoms with van der Waals surface area (Å²) in [6.07, 6.45) is 0. The quantitative estimate of drug-likeness (QED) is 0.174. The van der Waals surface area contributed by atoms with Gasteiger partial charge < -0.3 is 9.13 Å². The lowest BCUT2D eigenvalue weighted by Gasteiger charge is -2.15. The second kappa shape index (κ2) is 13.6. The Hall–Kier alpha value is -8.41. The zero-order valence-electron chi connectivity index (χ0n) is 33.4. The highest BCUT2D eigenvalue weighted by molar-refractivity contribution is 6.21. The minimum absolute atomic E-state index is 0.636. The van der Waals surface area contributed by atoms with Crippen molar-refractivity contribution in [3.63, 3.8) is 0 Å². The predicted octanol–water partition coefficient (Wildman–Crippen LogP) is 14.5. The second-order valence-electron chi connectivity index (χ2n) is 16.0. The van der Waals surface area contributed by atoms with Gasteiger partial charge in [0.1, 0.15) is 0 Å². The fraction of sp³-hybridized carbons (Fsp3) is 0. The molecule has 0 fully saturated rings. The van der Waals surface area contributed by atoms with Crippen LogP contribution in [0.25, 0.3) is 121 Å². The summed E-state index contributed by atoms with van der Waals surface area (Å²) in [5.74, 6) is 1.92. The number of benzene rings is 10. The SMILES string of the molecule is c1ccc(-c2nc(-c3ccccc3)nc(-c3ccc(-n4c5ccccc5c5cc6c7cc8ccccc8cc7n(-c7ccc8ccccc8c7)c6cc54)c4ccccc34)n2)cc1. The van der Waals surface area contributed by atoms with Crippen LogP contribution in [0.5, 0.6) is 0 Å². The van der Waals surface area contributed by atoms with Gasteiger partial charge in [-0.15, -0.1) is 0 Å². The summed E-state index contributed by atoms with van der Waals surface area (Å²) in [4.78, 5) is 15.3. The summed E-state index contributed by atoms with van der Waals surface area (Å²) in [5, 5.41) is 12.0. The molecule has 5 heteroatoms. The van der Waals surface area contributed by atoms with Gasteiger partial charge in [-0.05, 0) is 81.5 Å². The van der Waals surface area contributed by atoms with Crippen molar-refractivity contribution in [2.75, 3.05) is 0 Å². The Labute approximate surface area is 356 Å². The topological polar surface area (TPSA) is 48.5 Å². The van der Waals surface area contributed by atoms with E-state index in [0.29, 0.717) is 17.5 Å². The standard InChI is InChI=1S/C57H35N5/c1-3-16-37(17-4-1)55-58-56(38-18-5-2-6-19-38)60-57(59-55)46-29-30-51(44-24-12-11-23-43(44)46)62-50-26-14-13-25-45(50)48-34-49-47-32-40-21-9-10-22-41(40)33-52(47)61(53(49)35-54(48)62)42-28-27-36-15-7-8-20-39(36)31-42/h1-35H. The Morgan fingerprint density at radius 3 is 1.52 bits per heavy atom. The summed E-state index contributed by atoms with van der Waals surface area (Å²) in [6.45, 7) is 0. The van der Waals surface area contributed by atoms with E-state index in [1.165, 1.54) is 48.6 Å². The lowest BCUT2D eigenvalue weighted by atomic mass is 10.0. The van der Waals surface area contributed by atoms with Crippen molar-refractivity contribution in [2.24, 2.45) is 0 Å². The largest absolute Gasteiger partial charge is 0.309 e. The average molecular weight is 790 g/mol. The van der Waals surface area contributed by atoms with Gasteiger partial charge >= 0.3 is 0 Å². The van der Waals surface area contributed by atoms with E-state index in [9.17, 15) is 0 Å². The van der Waals surface area contributed by atoms with E-state index < -0.39 is 0 Å². The Bertz CT molecular complexity index is 3860. The van der Waals surface area contributed by atoms with Crippen LogP contribution in [0, 0.1) is 0 Å². The first kappa shape index (κ1) is 34.5. The smallest absolute Gasteiger partial charge is 0.164 e. The van der Waals surface area contributed by atoms with Crippen LogP contribution >= 0.6 is 0 Å². The van der Waals surface area contributed by atoms with Crippen molar-refractivity contribution in [2.45, 2.75) is 0 Å². The molecule has 0 atom stereocenters. The van der Waals surface area contributed by atoms with Crippen LogP contribution in [-0.2, 0) is 0 Å². The fourth-order valence-electron chi connectivity index (χ4n) is 9.62. The molecule has 0 aliphatic carbocycles. The van der Waals surface area contributed by atoms with E-state index in [4.69, 9.17) is 15.0 Å². The molecule has 0 spiro atoms. The maximum atomic E-state index is 5.14. The van der Waals surface area contributed by atoms with Gasteiger partial charge in [0.25, 0.3) is 0 Å². The summed E-state index contributed by atoms with van der Waals surface area (Å²) in [7, 11) is 0. The van der Waals surface area contributed by atoms with Gasteiger partial charge in [0.05, 0.1) is 27.8 Å². The molecule has 0 saturated carbocycles. The molecule has 0 N–H and O–H groups in total. The molecule has 0 saturated heterocycles. The molecule has 62 heavy (non-hydrogen) atoms. The summed E-state index contributed by atoms with van der Waals surface area (Å²) in [6, 6.07) is 75.9. The minimum Gasteiger partial charge on any atom is -0.309 e. The van der Waals surface area contributed by atoms with Gasteiger partial charge in [-0.2, -0.15) is 0 Å². The molecule has 0 amide bonds. The molecule has 3 heterocycles. The van der Waals surface area contributed by atoms with Crippen LogP contribution < -0.4 is 0 Å². The first-order chi connectivity index (χ1) is 30.7. The van der Waals surface area contributed by atoms with Crippen molar-refractivity contribution in [1.29, 1.82) is 0 Å². The van der Waals surface area contributed by atoms with E-state index in [0.717, 1.165) is 55.4 Å². The van der Waals surface area contributed by atoms with E-state index in [1.54, 1.807) is 0 Å². The number of hydrogen-bond acceptors (Lipinski definition) is 3. The third-order valence-corrected chi connectivity index (χ3v) is 12.5. The van der Waals surface area contributed by atoms with E-state index in [-0.39, 0.29) is 0 Å². The zero-order chi connectivity index (χ0) is 40.7. The molecule has 0 radical (unpaired) electrons. The first-order valence-electron chi connectivity index (χ1n) is 21.0. The monoisotopic (exact) mass is 789 g/mol. The van der Waals surface area contributed by atoms with Gasteiger partial charge in [0.15, 0.2) is 17.5 Å². The van der Waals surface area contributed by atoms with Crippen molar-refractivity contribution >= 4 is 75.9 Å². The molecule has 0 bridgehead atoms. The van der Waals surface area contributed by atoms with Gasteiger partial charge in [-0.1, -0.05) is 158 Å². The van der Waals surface area contributed by atoms with Gasteiger partial charge in [0, 0.05) is 49.3 Å². The molecule has 0 unspecified atom stereocenters. The summed E-state index contributed by atoms with van der Waals surface area (Å²) < 4.78 is 4.91. The second-order valence-corrected chi connectivity index (χ2v) is 16.0. The molecule has 13 aromatic rings. The Morgan fingerprint density at radius 2 is 0.790 bits per heavy atom. The number of aromatic nitrogens is 5. The highest BCUT2D eigenvalue weighted by Crippen LogP contribution is 2.43. The predicted molar refractivity (Wildman–Crippen MR) is 257 cm³/mol. The maximum absolute atomic E-state index is 5.14. The van der Waals surface area contributed by atoms with E-state index >= 15 is 0 Å². The summed E-state index contributed by atoms with van der Waals surface area (Å²) in [5.41, 5.74) is 9.71. The third-order valence-electron chi connectivity index (χ3n) is 12.5. The maximum Gasteiger partial charge on any atom is 0.164 e. The van der Waals surface area contributed by atoms with Crippen molar-refractivity contribution in [3.05, 3.63) is 212 Å². The van der Waals surface area contributed by atoms with Gasteiger partial charge in [0.2, 0.25) is 0 Å². The molecule has 3 aromatic heterocycles. The number of rotatable bonds is 5. The Kier molecular flexibility index (Phi) is 7.54. The minimum atomic E-state index is 0.636. The van der Waals surface area contributed by atoms with Crippen LogP contribution in [0.1, 0.15) is 0 Å². The van der Waals surface area contributed by atoms with Crippen LogP contribution in [0.3, 0.4) is 0 Å². The van der Waals surface area contributed by atoms with Gasteiger partial charge in [-0.3, -0.25) is 0 Å². The zero-order valence-corrected chi connectivity index (χ0v) is 33.4. The normalized spacial score (nSPS) is 11.9. The third kappa shape index (κ3) is 5.32. The molecule has 5 nitrogen and oxygen atoms in total. The van der Waals surface area contributed by atoms with Crippen LogP contribution in [0.2, 0.25) is 0 Å². The average Bonchev–Trinajstić information content (AvgIpc) is 3.83. The lowest BCUT2D eigenvalue weighted by Crippen LogP contribution is -2.01. The van der Waals surface area contributed by atoms with Gasteiger partial charge in [-0.25, -0.2) is 15.0 Å². The van der Waals surface area contributed by atoms with Crippen molar-refractivity contribution in [1.82, 2.24) is 24.1 Å². The van der Waals surface area contributed by atoms with Crippen LogP contribution in [-0.4, -0.2) is 24.1 Å². The van der Waals surface area contributed by atoms with E-state index in [1.807, 2.05) is 36.4 Å². The molecule has 13 rings (SSSR count). The molecule has 288 valence electrons. The van der Waals surface area contributed by atoms with Crippen LogP contribution in [0.15, 0.2) is 212 Å². The highest BCUT2D eigenvalue weighted by atomic mass is 15.0. The summed E-state index contributed by atoms with van der Waals surface area (Å²) >= 11 is 0. The molecule has 10 aromatic carbocycles. The number of hydrogen-bond donors (Lipinski definition) is 0. The number of para-hydroxylation sites is 1. The Balaban J connectivity index is 1.09. The molecular weight excluding hydrogens is 755 g/mol. The molecular formula is C57H35N5. The number of fused-ring (bicyclic) bond motifs is 9. The molecule has 0 aliphatic heterocycles. The first-order valence-corrected chi connectivity index (χ1v) is 21.0. The van der Waals surface area contributed by atoms with Crippen LogP contribution in [0.4, 0.5) is 0 Å². The molecule has 0 aliphatic rings. The fourth-order valence-corrected chi connectivity index (χ4v) is 9.62. The highest BCUT2D eigenvalue weighted by Gasteiger charge is 2.22. The number of nitrogens with zero attached hydrogens (tertiary/aromatic N) is 5. The Morgan fingerprint density at radius 1 is 0.274 bits per heavy atom. The van der Waals surface area contributed by atoms with Crippen molar-refractivity contribution in [3.8, 4) is 45.5 Å². The lowest BCUT2D eigenvalue weighted by molar-refractivity contribution is 1.08. The van der Waals surface area contributed by atoms with Crippen molar-refractivity contribution < 1.29 is 0 Å².